The molecule has 0 bridgehead atoms. The number of aromatic nitrogens is 1. The summed E-state index contributed by atoms with van der Waals surface area (Å²) in [6.07, 6.45) is 4.31. The number of nitrogens with one attached hydrogen (secondary N) is 2. The van der Waals surface area contributed by atoms with Crippen molar-refractivity contribution in [3.05, 3.63) is 16.6 Å². The van der Waals surface area contributed by atoms with Crippen LogP contribution in [0.4, 0.5) is 4.79 Å². The van der Waals surface area contributed by atoms with Crippen LogP contribution in [0.2, 0.25) is 0 Å². The smallest absolute Gasteiger partial charge is 0.329 e. The fourth-order valence-electron chi connectivity index (χ4n) is 2.13. The van der Waals surface area contributed by atoms with Crippen molar-refractivity contribution in [2.24, 2.45) is 0 Å². The summed E-state index contributed by atoms with van der Waals surface area (Å²) >= 11 is 1.44. The Kier molecular flexibility index (Phi) is 3.81. The first-order valence-corrected chi connectivity index (χ1v) is 6.68. The van der Waals surface area contributed by atoms with Gasteiger partial charge >= 0.3 is 12.0 Å². The van der Waals surface area contributed by atoms with Gasteiger partial charge in [-0.05, 0) is 12.8 Å². The summed E-state index contributed by atoms with van der Waals surface area (Å²) in [5, 5.41) is 17.0. The minimum Gasteiger partial charge on any atom is -0.480 e. The van der Waals surface area contributed by atoms with Crippen molar-refractivity contribution in [2.45, 2.75) is 37.8 Å². The van der Waals surface area contributed by atoms with Gasteiger partial charge in [-0.2, -0.15) is 0 Å². The van der Waals surface area contributed by atoms with Crippen molar-refractivity contribution in [2.75, 3.05) is 0 Å². The third kappa shape index (κ3) is 2.79. The highest BCUT2D eigenvalue weighted by Gasteiger charge is 2.42. The standard InChI is InChI=1S/C11H15N3O3S/c15-9(16)11(3-1-2-4-11)14-10(17)13-7-8-12-5-6-18-8/h5-6H,1-4,7H2,(H,15,16)(H2,13,14,17). The number of amides is 2. The molecule has 2 rings (SSSR count). The molecule has 0 spiro atoms. The van der Waals surface area contributed by atoms with E-state index in [1.54, 1.807) is 6.20 Å². The summed E-state index contributed by atoms with van der Waals surface area (Å²) in [7, 11) is 0. The van der Waals surface area contributed by atoms with E-state index in [2.05, 4.69) is 15.6 Å². The lowest BCUT2D eigenvalue weighted by molar-refractivity contribution is -0.144. The Hall–Kier alpha value is -1.63. The first-order chi connectivity index (χ1) is 8.62. The molecular formula is C11H15N3O3S. The molecule has 1 aliphatic rings. The van der Waals surface area contributed by atoms with Gasteiger partial charge < -0.3 is 15.7 Å². The predicted molar refractivity (Wildman–Crippen MR) is 66.3 cm³/mol. The van der Waals surface area contributed by atoms with Crippen molar-refractivity contribution in [1.29, 1.82) is 0 Å². The van der Waals surface area contributed by atoms with Crippen molar-refractivity contribution in [3.8, 4) is 0 Å². The van der Waals surface area contributed by atoms with E-state index in [9.17, 15) is 14.7 Å². The predicted octanol–water partition coefficient (Wildman–Crippen LogP) is 1.34. The highest BCUT2D eigenvalue weighted by molar-refractivity contribution is 7.09. The molecule has 6 nitrogen and oxygen atoms in total. The summed E-state index contributed by atoms with van der Waals surface area (Å²) in [6.45, 7) is 0.319. The van der Waals surface area contributed by atoms with Gasteiger partial charge in [0.1, 0.15) is 10.5 Å². The number of thiazole rings is 1. The molecule has 98 valence electrons. The van der Waals surface area contributed by atoms with Gasteiger partial charge in [-0.15, -0.1) is 11.3 Å². The van der Waals surface area contributed by atoms with E-state index in [1.165, 1.54) is 11.3 Å². The molecule has 0 saturated heterocycles. The van der Waals surface area contributed by atoms with E-state index in [0.29, 0.717) is 19.4 Å². The van der Waals surface area contributed by atoms with Crippen LogP contribution in [0.15, 0.2) is 11.6 Å². The molecule has 18 heavy (non-hydrogen) atoms. The Morgan fingerprint density at radius 2 is 2.17 bits per heavy atom. The Balaban J connectivity index is 1.88. The lowest BCUT2D eigenvalue weighted by Gasteiger charge is -2.25. The molecule has 0 radical (unpaired) electrons. The molecule has 0 aromatic carbocycles. The molecule has 1 aliphatic carbocycles. The van der Waals surface area contributed by atoms with Gasteiger partial charge in [-0.25, -0.2) is 14.6 Å². The number of carboxylic acid groups (broad SMARTS) is 1. The fraction of sp³-hybridized carbons (Fsp3) is 0.545. The third-order valence-corrected chi connectivity index (χ3v) is 3.88. The summed E-state index contributed by atoms with van der Waals surface area (Å²) in [5.74, 6) is -0.954. The SMILES string of the molecule is O=C(NCc1nccs1)NC1(C(=O)O)CCCC1. The van der Waals surface area contributed by atoms with Gasteiger partial charge in [0.2, 0.25) is 0 Å². The molecule has 0 atom stereocenters. The van der Waals surface area contributed by atoms with Crippen LogP contribution in [-0.4, -0.2) is 27.6 Å². The molecule has 3 N–H and O–H groups in total. The van der Waals surface area contributed by atoms with Crippen molar-refractivity contribution in [3.63, 3.8) is 0 Å². The number of urea groups is 1. The highest BCUT2D eigenvalue weighted by atomic mass is 32.1. The van der Waals surface area contributed by atoms with Crippen LogP contribution in [-0.2, 0) is 11.3 Å². The first kappa shape index (κ1) is 12.8. The lowest BCUT2D eigenvalue weighted by atomic mass is 9.98. The topological polar surface area (TPSA) is 91.3 Å². The van der Waals surface area contributed by atoms with Crippen LogP contribution >= 0.6 is 11.3 Å². The Morgan fingerprint density at radius 1 is 1.44 bits per heavy atom. The second kappa shape index (κ2) is 5.34. The third-order valence-electron chi connectivity index (χ3n) is 3.10. The van der Waals surface area contributed by atoms with Gasteiger partial charge in [0, 0.05) is 11.6 Å². The minimum atomic E-state index is -1.09. The summed E-state index contributed by atoms with van der Waals surface area (Å²) in [6, 6.07) is -0.450. The van der Waals surface area contributed by atoms with Crippen molar-refractivity contribution in [1.82, 2.24) is 15.6 Å². The summed E-state index contributed by atoms with van der Waals surface area (Å²) in [4.78, 5) is 27.0. The molecule has 0 unspecified atom stereocenters. The zero-order valence-electron chi connectivity index (χ0n) is 9.81. The maximum absolute atomic E-state index is 11.7. The average molecular weight is 269 g/mol. The zero-order valence-corrected chi connectivity index (χ0v) is 10.6. The number of carboxylic acids is 1. The first-order valence-electron chi connectivity index (χ1n) is 5.80. The minimum absolute atomic E-state index is 0.319. The molecular weight excluding hydrogens is 254 g/mol. The van der Waals surface area contributed by atoms with Crippen molar-refractivity contribution >= 4 is 23.3 Å². The maximum atomic E-state index is 11.7. The van der Waals surface area contributed by atoms with Gasteiger partial charge in [0.15, 0.2) is 0 Å². The lowest BCUT2D eigenvalue weighted by Crippen LogP contribution is -2.55. The molecule has 1 aromatic heterocycles. The molecule has 2 amide bonds. The largest absolute Gasteiger partial charge is 0.480 e. The Morgan fingerprint density at radius 3 is 2.72 bits per heavy atom. The highest BCUT2D eigenvalue weighted by Crippen LogP contribution is 2.29. The van der Waals surface area contributed by atoms with Gasteiger partial charge in [0.25, 0.3) is 0 Å². The molecule has 7 heteroatoms. The van der Waals surface area contributed by atoms with E-state index in [0.717, 1.165) is 17.8 Å². The van der Waals surface area contributed by atoms with Crippen molar-refractivity contribution < 1.29 is 14.7 Å². The summed E-state index contributed by atoms with van der Waals surface area (Å²) < 4.78 is 0. The van der Waals surface area contributed by atoms with E-state index in [4.69, 9.17) is 0 Å². The Bertz CT molecular complexity index is 427. The Labute approximate surface area is 108 Å². The number of hydrogen-bond acceptors (Lipinski definition) is 4. The molecule has 1 fully saturated rings. The number of carbonyl (C=O) groups is 2. The second-order valence-electron chi connectivity index (χ2n) is 4.33. The van der Waals surface area contributed by atoms with E-state index >= 15 is 0 Å². The van der Waals surface area contributed by atoms with Gasteiger partial charge in [-0.1, -0.05) is 12.8 Å². The van der Waals surface area contributed by atoms with Crippen LogP contribution in [0, 0.1) is 0 Å². The number of carbonyl (C=O) groups excluding carboxylic acids is 1. The van der Waals surface area contributed by atoms with E-state index in [-0.39, 0.29) is 0 Å². The van der Waals surface area contributed by atoms with Crippen LogP contribution < -0.4 is 10.6 Å². The van der Waals surface area contributed by atoms with Gasteiger partial charge in [-0.3, -0.25) is 0 Å². The van der Waals surface area contributed by atoms with Crippen LogP contribution in [0.25, 0.3) is 0 Å². The molecule has 0 aliphatic heterocycles. The maximum Gasteiger partial charge on any atom is 0.329 e. The number of nitrogens with zero attached hydrogens (tertiary/aromatic N) is 1. The number of rotatable bonds is 4. The normalized spacial score (nSPS) is 17.3. The van der Waals surface area contributed by atoms with E-state index < -0.39 is 17.5 Å². The monoisotopic (exact) mass is 269 g/mol. The van der Waals surface area contributed by atoms with E-state index in [1.807, 2.05) is 5.38 Å². The fourth-order valence-corrected chi connectivity index (χ4v) is 2.68. The molecule has 1 aromatic rings. The quantitative estimate of drug-likeness (QED) is 0.769. The molecule has 1 saturated carbocycles. The van der Waals surface area contributed by atoms with Crippen LogP contribution in [0.5, 0.6) is 0 Å². The van der Waals surface area contributed by atoms with Crippen LogP contribution in [0.3, 0.4) is 0 Å². The van der Waals surface area contributed by atoms with Crippen LogP contribution in [0.1, 0.15) is 30.7 Å². The average Bonchev–Trinajstić information content (AvgIpc) is 2.97. The number of hydrogen-bond donors (Lipinski definition) is 3. The van der Waals surface area contributed by atoms with Gasteiger partial charge in [0.05, 0.1) is 6.54 Å². The summed E-state index contributed by atoms with van der Waals surface area (Å²) in [5.41, 5.74) is -1.09. The number of aliphatic carboxylic acids is 1. The molecule has 1 heterocycles. The zero-order chi connectivity index (χ0) is 13.0. The second-order valence-corrected chi connectivity index (χ2v) is 5.31.